The maximum absolute atomic E-state index is 9.00. The summed E-state index contributed by atoms with van der Waals surface area (Å²) in [6.07, 6.45) is 0. The molecule has 3 N–H and O–H groups in total. The van der Waals surface area contributed by atoms with E-state index in [0.717, 1.165) is 16.6 Å². The number of benzene rings is 1. The van der Waals surface area contributed by atoms with E-state index in [4.69, 9.17) is 10.8 Å². The molecule has 0 spiro atoms. The number of aryl methyl sites for hydroxylation is 1. The van der Waals surface area contributed by atoms with Crippen LogP contribution in [0.15, 0.2) is 18.2 Å². The summed E-state index contributed by atoms with van der Waals surface area (Å²) < 4.78 is 1.67. The lowest BCUT2D eigenvalue weighted by molar-refractivity contribution is 0.268. The van der Waals surface area contributed by atoms with Gasteiger partial charge < -0.3 is 10.8 Å². The first kappa shape index (κ1) is 9.11. The van der Waals surface area contributed by atoms with Crippen molar-refractivity contribution in [3.8, 4) is 0 Å². The van der Waals surface area contributed by atoms with Crippen LogP contribution >= 0.6 is 0 Å². The summed E-state index contributed by atoms with van der Waals surface area (Å²) in [6, 6.07) is 5.24. The molecule has 0 saturated heterocycles. The third-order valence-corrected chi connectivity index (χ3v) is 2.25. The zero-order valence-corrected chi connectivity index (χ0v) is 7.88. The molecule has 74 valence electrons. The van der Waals surface area contributed by atoms with Crippen LogP contribution in [0.3, 0.4) is 0 Å². The van der Waals surface area contributed by atoms with Crippen molar-refractivity contribution in [1.29, 1.82) is 0 Å². The Kier molecular flexibility index (Phi) is 2.18. The van der Waals surface area contributed by atoms with Gasteiger partial charge in [-0.05, 0) is 11.6 Å². The van der Waals surface area contributed by atoms with Gasteiger partial charge in [-0.1, -0.05) is 17.3 Å². The second kappa shape index (κ2) is 3.36. The Hall–Kier alpha value is -1.46. The number of hydrogen-bond donors (Lipinski definition) is 2. The average molecular weight is 192 g/mol. The lowest BCUT2D eigenvalue weighted by Crippen LogP contribution is -2.15. The molecule has 0 radical (unpaired) electrons. The van der Waals surface area contributed by atoms with Crippen molar-refractivity contribution in [2.45, 2.75) is 6.04 Å². The second-order valence-corrected chi connectivity index (χ2v) is 3.22. The molecule has 14 heavy (non-hydrogen) atoms. The molecule has 5 heteroatoms. The predicted octanol–water partition coefficient (Wildman–Crippen LogP) is -0.0396. The van der Waals surface area contributed by atoms with Gasteiger partial charge >= 0.3 is 0 Å². The van der Waals surface area contributed by atoms with Crippen LogP contribution in [0.25, 0.3) is 11.0 Å². The Bertz CT molecular complexity index is 451. The first-order valence-electron chi connectivity index (χ1n) is 4.38. The van der Waals surface area contributed by atoms with Crippen LogP contribution in [0, 0.1) is 0 Å². The van der Waals surface area contributed by atoms with Crippen LogP contribution in [0.5, 0.6) is 0 Å². The van der Waals surface area contributed by atoms with Gasteiger partial charge in [-0.15, -0.1) is 5.10 Å². The number of fused-ring (bicyclic) bond motifs is 1. The van der Waals surface area contributed by atoms with E-state index in [-0.39, 0.29) is 12.6 Å². The van der Waals surface area contributed by atoms with Gasteiger partial charge in [-0.3, -0.25) is 0 Å². The molecular formula is C9H12N4O. The smallest absolute Gasteiger partial charge is 0.113 e. The van der Waals surface area contributed by atoms with Gasteiger partial charge in [-0.2, -0.15) is 0 Å². The van der Waals surface area contributed by atoms with Gasteiger partial charge in [0.1, 0.15) is 5.52 Å². The molecule has 0 aliphatic rings. The topological polar surface area (TPSA) is 77.0 Å². The number of aliphatic hydroxyl groups is 1. The van der Waals surface area contributed by atoms with E-state index in [0.29, 0.717) is 0 Å². The van der Waals surface area contributed by atoms with Gasteiger partial charge in [0.15, 0.2) is 0 Å². The molecule has 2 rings (SSSR count). The monoisotopic (exact) mass is 192 g/mol. The van der Waals surface area contributed by atoms with E-state index >= 15 is 0 Å². The summed E-state index contributed by atoms with van der Waals surface area (Å²) in [4.78, 5) is 0. The van der Waals surface area contributed by atoms with Crippen molar-refractivity contribution >= 4 is 11.0 Å². The third-order valence-electron chi connectivity index (χ3n) is 2.25. The van der Waals surface area contributed by atoms with Gasteiger partial charge in [0.25, 0.3) is 0 Å². The number of rotatable bonds is 2. The number of para-hydroxylation sites is 1. The fourth-order valence-corrected chi connectivity index (χ4v) is 1.54. The fraction of sp³-hybridized carbons (Fsp3) is 0.333. The predicted molar refractivity (Wildman–Crippen MR) is 52.5 cm³/mol. The minimum Gasteiger partial charge on any atom is -0.394 e. The van der Waals surface area contributed by atoms with Crippen molar-refractivity contribution in [3.63, 3.8) is 0 Å². The summed E-state index contributed by atoms with van der Waals surface area (Å²) in [5, 5.41) is 16.9. The number of nitrogens with two attached hydrogens (primary N) is 1. The molecule has 2 aromatic rings. The fourth-order valence-electron chi connectivity index (χ4n) is 1.54. The normalized spacial score (nSPS) is 13.4. The molecule has 1 aromatic heterocycles. The van der Waals surface area contributed by atoms with E-state index in [1.165, 1.54) is 0 Å². The highest BCUT2D eigenvalue weighted by molar-refractivity contribution is 5.78. The summed E-state index contributed by atoms with van der Waals surface area (Å²) in [6.45, 7) is -0.0791. The Morgan fingerprint density at radius 2 is 2.36 bits per heavy atom. The molecule has 1 unspecified atom stereocenters. The molecular weight excluding hydrogens is 180 g/mol. The van der Waals surface area contributed by atoms with Crippen molar-refractivity contribution in [2.75, 3.05) is 6.61 Å². The van der Waals surface area contributed by atoms with E-state index in [2.05, 4.69) is 10.3 Å². The lowest BCUT2D eigenvalue weighted by atomic mass is 10.1. The zero-order chi connectivity index (χ0) is 10.1. The van der Waals surface area contributed by atoms with Crippen LogP contribution in [0.2, 0.25) is 0 Å². The molecule has 1 atom stereocenters. The Morgan fingerprint density at radius 1 is 1.57 bits per heavy atom. The maximum Gasteiger partial charge on any atom is 0.113 e. The molecule has 1 heterocycles. The molecule has 1 aromatic carbocycles. The SMILES string of the molecule is Cn1nnc2cccc(C(N)CO)c21. The van der Waals surface area contributed by atoms with Gasteiger partial charge in [-0.25, -0.2) is 4.68 Å². The van der Waals surface area contributed by atoms with Crippen LogP contribution in [-0.4, -0.2) is 26.7 Å². The first-order chi connectivity index (χ1) is 6.74. The highest BCUT2D eigenvalue weighted by Crippen LogP contribution is 2.20. The average Bonchev–Trinajstić information content (AvgIpc) is 2.59. The minimum atomic E-state index is -0.379. The van der Waals surface area contributed by atoms with Crippen molar-refractivity contribution < 1.29 is 5.11 Å². The Labute approximate surface area is 81.1 Å². The van der Waals surface area contributed by atoms with E-state index in [1.807, 2.05) is 25.2 Å². The lowest BCUT2D eigenvalue weighted by Gasteiger charge is -2.09. The summed E-state index contributed by atoms with van der Waals surface area (Å²) in [7, 11) is 1.81. The highest BCUT2D eigenvalue weighted by atomic mass is 16.3. The van der Waals surface area contributed by atoms with E-state index in [9.17, 15) is 0 Å². The molecule has 0 amide bonds. The van der Waals surface area contributed by atoms with Crippen LogP contribution < -0.4 is 5.73 Å². The first-order valence-corrected chi connectivity index (χ1v) is 4.38. The largest absolute Gasteiger partial charge is 0.394 e. The van der Waals surface area contributed by atoms with Crippen LogP contribution in [0.4, 0.5) is 0 Å². The summed E-state index contributed by atoms with van der Waals surface area (Å²) in [5.41, 5.74) is 8.33. The summed E-state index contributed by atoms with van der Waals surface area (Å²) >= 11 is 0. The van der Waals surface area contributed by atoms with E-state index in [1.54, 1.807) is 4.68 Å². The Morgan fingerprint density at radius 3 is 3.07 bits per heavy atom. The van der Waals surface area contributed by atoms with Crippen molar-refractivity contribution in [3.05, 3.63) is 23.8 Å². The molecule has 0 aliphatic carbocycles. The molecule has 5 nitrogen and oxygen atoms in total. The number of aliphatic hydroxyl groups excluding tert-OH is 1. The third kappa shape index (κ3) is 1.26. The molecule has 0 aliphatic heterocycles. The van der Waals surface area contributed by atoms with Gasteiger partial charge in [0.05, 0.1) is 18.2 Å². The minimum absolute atomic E-state index is 0.0791. The van der Waals surface area contributed by atoms with Crippen LogP contribution in [0.1, 0.15) is 11.6 Å². The molecule has 0 fully saturated rings. The molecule has 0 bridgehead atoms. The van der Waals surface area contributed by atoms with Gasteiger partial charge in [0.2, 0.25) is 0 Å². The van der Waals surface area contributed by atoms with Crippen LogP contribution in [-0.2, 0) is 7.05 Å². The summed E-state index contributed by atoms with van der Waals surface area (Å²) in [5.74, 6) is 0. The quantitative estimate of drug-likeness (QED) is 0.700. The van der Waals surface area contributed by atoms with E-state index < -0.39 is 0 Å². The second-order valence-electron chi connectivity index (χ2n) is 3.22. The highest BCUT2D eigenvalue weighted by Gasteiger charge is 2.12. The van der Waals surface area contributed by atoms with Gasteiger partial charge in [0, 0.05) is 7.05 Å². The van der Waals surface area contributed by atoms with Crippen molar-refractivity contribution in [1.82, 2.24) is 15.0 Å². The standard InChI is InChI=1S/C9H12N4O/c1-13-9-6(7(10)5-14)3-2-4-8(9)11-12-13/h2-4,7,14H,5,10H2,1H3. The number of hydrogen-bond acceptors (Lipinski definition) is 4. The Balaban J connectivity index is 2.69. The zero-order valence-electron chi connectivity index (χ0n) is 7.88. The van der Waals surface area contributed by atoms with Crippen molar-refractivity contribution in [2.24, 2.45) is 12.8 Å². The number of nitrogens with zero attached hydrogens (tertiary/aromatic N) is 3. The molecule has 0 saturated carbocycles. The number of aromatic nitrogens is 3. The maximum atomic E-state index is 9.00.